The lowest BCUT2D eigenvalue weighted by Crippen LogP contribution is -2.38. The topological polar surface area (TPSA) is 52.7 Å². The van der Waals surface area contributed by atoms with Crippen LogP contribution < -0.4 is 10.2 Å². The third-order valence-corrected chi connectivity index (χ3v) is 5.59. The zero-order chi connectivity index (χ0) is 21.8. The summed E-state index contributed by atoms with van der Waals surface area (Å²) in [4.78, 5) is 29.2. The number of hydrogen-bond donors (Lipinski definition) is 1. The maximum Gasteiger partial charge on any atom is 0.254 e. The Labute approximate surface area is 177 Å². The minimum absolute atomic E-state index is 0.00211. The molecule has 1 aliphatic carbocycles. The van der Waals surface area contributed by atoms with Crippen LogP contribution in [0.1, 0.15) is 49.0 Å². The molecule has 3 rings (SSSR count). The molecule has 5 nitrogen and oxygen atoms in total. The third-order valence-electron chi connectivity index (χ3n) is 5.59. The van der Waals surface area contributed by atoms with Crippen molar-refractivity contribution in [2.24, 2.45) is 5.92 Å². The van der Waals surface area contributed by atoms with Gasteiger partial charge in [0.1, 0.15) is 5.82 Å². The van der Waals surface area contributed by atoms with E-state index in [9.17, 15) is 14.0 Å². The summed E-state index contributed by atoms with van der Waals surface area (Å²) in [5.74, 6) is -0.324. The Morgan fingerprint density at radius 1 is 1.13 bits per heavy atom. The Kier molecular flexibility index (Phi) is 6.75. The van der Waals surface area contributed by atoms with Crippen molar-refractivity contribution in [3.8, 4) is 0 Å². The van der Waals surface area contributed by atoms with E-state index in [0.717, 1.165) is 36.2 Å². The zero-order valence-electron chi connectivity index (χ0n) is 18.1. The Balaban J connectivity index is 1.90. The molecule has 1 atom stereocenters. The van der Waals surface area contributed by atoms with E-state index in [1.54, 1.807) is 0 Å². The quantitative estimate of drug-likeness (QED) is 0.686. The summed E-state index contributed by atoms with van der Waals surface area (Å²) in [6.45, 7) is 4.44. The van der Waals surface area contributed by atoms with E-state index in [-0.39, 0.29) is 29.6 Å². The van der Waals surface area contributed by atoms with Gasteiger partial charge in [0, 0.05) is 49.5 Å². The molecule has 2 aromatic carbocycles. The average molecular weight is 412 g/mol. The molecule has 1 aliphatic rings. The van der Waals surface area contributed by atoms with Crippen molar-refractivity contribution in [3.63, 3.8) is 0 Å². The smallest absolute Gasteiger partial charge is 0.254 e. The fourth-order valence-electron chi connectivity index (χ4n) is 3.41. The van der Waals surface area contributed by atoms with Crippen molar-refractivity contribution in [1.82, 2.24) is 4.90 Å². The Hall–Kier alpha value is -2.89. The first-order valence-corrected chi connectivity index (χ1v) is 10.5. The molecular weight excluding hydrogens is 381 g/mol. The summed E-state index contributed by atoms with van der Waals surface area (Å²) in [6, 6.07) is 11.5. The van der Waals surface area contributed by atoms with Gasteiger partial charge >= 0.3 is 0 Å². The standard InChI is InChI=1S/C24H30FN3O2/c1-5-16(2)28(24(30)18-8-10-20(25)11-9-18)15-19-14-21(12-13-22(19)27(3)4)26-23(29)17-6-7-17/h8-14,16-17H,5-7,15H2,1-4H3,(H,26,29)/t16-/m1/s1. The van der Waals surface area contributed by atoms with Gasteiger partial charge in [-0.25, -0.2) is 4.39 Å². The van der Waals surface area contributed by atoms with Crippen LogP contribution in [0.15, 0.2) is 42.5 Å². The van der Waals surface area contributed by atoms with E-state index in [4.69, 9.17) is 0 Å². The molecule has 1 N–H and O–H groups in total. The van der Waals surface area contributed by atoms with Gasteiger partial charge in [0.05, 0.1) is 0 Å². The largest absolute Gasteiger partial charge is 0.377 e. The molecule has 30 heavy (non-hydrogen) atoms. The minimum Gasteiger partial charge on any atom is -0.377 e. The van der Waals surface area contributed by atoms with Crippen LogP contribution in [0.25, 0.3) is 0 Å². The SMILES string of the molecule is CC[C@@H](C)N(Cc1cc(NC(=O)C2CC2)ccc1N(C)C)C(=O)c1ccc(F)cc1. The lowest BCUT2D eigenvalue weighted by molar-refractivity contribution is -0.117. The molecule has 0 aromatic heterocycles. The second kappa shape index (κ2) is 9.28. The van der Waals surface area contributed by atoms with E-state index in [1.807, 2.05) is 55.9 Å². The average Bonchev–Trinajstić information content (AvgIpc) is 3.57. The van der Waals surface area contributed by atoms with Crippen molar-refractivity contribution in [1.29, 1.82) is 0 Å². The number of anilines is 2. The van der Waals surface area contributed by atoms with Crippen molar-refractivity contribution in [3.05, 3.63) is 59.4 Å². The van der Waals surface area contributed by atoms with Crippen LogP contribution in [0.3, 0.4) is 0 Å². The Morgan fingerprint density at radius 2 is 1.80 bits per heavy atom. The first kappa shape index (κ1) is 21.8. The molecule has 0 radical (unpaired) electrons. The van der Waals surface area contributed by atoms with Gasteiger partial charge in [0.25, 0.3) is 5.91 Å². The third kappa shape index (κ3) is 5.17. The normalized spacial score (nSPS) is 14.2. The highest BCUT2D eigenvalue weighted by atomic mass is 19.1. The van der Waals surface area contributed by atoms with Crippen molar-refractivity contribution >= 4 is 23.2 Å². The minimum atomic E-state index is -0.365. The number of nitrogens with one attached hydrogen (secondary N) is 1. The molecule has 0 unspecified atom stereocenters. The second-order valence-corrected chi connectivity index (χ2v) is 8.20. The molecule has 0 heterocycles. The second-order valence-electron chi connectivity index (χ2n) is 8.20. The number of carbonyl (C=O) groups is 2. The summed E-state index contributed by atoms with van der Waals surface area (Å²) in [5, 5.41) is 2.99. The zero-order valence-corrected chi connectivity index (χ0v) is 18.1. The monoisotopic (exact) mass is 411 g/mol. The summed E-state index contributed by atoms with van der Waals surface area (Å²) in [5.41, 5.74) is 3.14. The summed E-state index contributed by atoms with van der Waals surface area (Å²) >= 11 is 0. The Bertz CT molecular complexity index is 907. The molecule has 2 aromatic rings. The van der Waals surface area contributed by atoms with Crippen LogP contribution in [0.4, 0.5) is 15.8 Å². The molecule has 1 saturated carbocycles. The molecule has 2 amide bonds. The summed E-state index contributed by atoms with van der Waals surface area (Å²) in [6.07, 6.45) is 2.69. The van der Waals surface area contributed by atoms with Gasteiger partial charge in [-0.05, 0) is 74.2 Å². The Morgan fingerprint density at radius 3 is 2.37 bits per heavy atom. The van der Waals surface area contributed by atoms with Crippen molar-refractivity contribution < 1.29 is 14.0 Å². The number of rotatable bonds is 8. The van der Waals surface area contributed by atoms with Gasteiger partial charge in [-0.1, -0.05) is 6.92 Å². The fourth-order valence-corrected chi connectivity index (χ4v) is 3.41. The molecule has 0 bridgehead atoms. The maximum atomic E-state index is 13.3. The predicted octanol–water partition coefficient (Wildman–Crippen LogP) is 4.68. The van der Waals surface area contributed by atoms with E-state index in [0.29, 0.717) is 12.1 Å². The molecular formula is C24H30FN3O2. The van der Waals surface area contributed by atoms with Gasteiger partial charge in [0.15, 0.2) is 0 Å². The number of hydrogen-bond acceptors (Lipinski definition) is 3. The van der Waals surface area contributed by atoms with Gasteiger partial charge in [-0.15, -0.1) is 0 Å². The van der Waals surface area contributed by atoms with Crippen LogP contribution in [0.5, 0.6) is 0 Å². The highest BCUT2D eigenvalue weighted by molar-refractivity contribution is 5.95. The number of benzene rings is 2. The fraction of sp³-hybridized carbons (Fsp3) is 0.417. The molecule has 1 fully saturated rings. The molecule has 0 spiro atoms. The number of nitrogens with zero attached hydrogens (tertiary/aromatic N) is 2. The lowest BCUT2D eigenvalue weighted by Gasteiger charge is -2.31. The van der Waals surface area contributed by atoms with Crippen LogP contribution in [-0.2, 0) is 11.3 Å². The van der Waals surface area contributed by atoms with Crippen LogP contribution in [0, 0.1) is 11.7 Å². The van der Waals surface area contributed by atoms with E-state index < -0.39 is 0 Å². The molecule has 0 aliphatic heterocycles. The van der Waals surface area contributed by atoms with Gasteiger partial charge in [0.2, 0.25) is 5.91 Å². The van der Waals surface area contributed by atoms with Gasteiger partial charge in [-0.2, -0.15) is 0 Å². The van der Waals surface area contributed by atoms with Crippen molar-refractivity contribution in [2.75, 3.05) is 24.3 Å². The van der Waals surface area contributed by atoms with Crippen molar-refractivity contribution in [2.45, 2.75) is 45.7 Å². The summed E-state index contributed by atoms with van der Waals surface area (Å²) in [7, 11) is 3.91. The predicted molar refractivity (Wildman–Crippen MR) is 118 cm³/mol. The number of halogens is 1. The highest BCUT2D eigenvalue weighted by Gasteiger charge is 2.30. The first-order valence-electron chi connectivity index (χ1n) is 10.5. The summed E-state index contributed by atoms with van der Waals surface area (Å²) < 4.78 is 13.3. The van der Waals surface area contributed by atoms with E-state index in [1.165, 1.54) is 24.3 Å². The van der Waals surface area contributed by atoms with Crippen LogP contribution in [0.2, 0.25) is 0 Å². The maximum absolute atomic E-state index is 13.3. The molecule has 6 heteroatoms. The number of amides is 2. The van der Waals surface area contributed by atoms with E-state index in [2.05, 4.69) is 5.32 Å². The van der Waals surface area contributed by atoms with E-state index >= 15 is 0 Å². The van der Waals surface area contributed by atoms with Gasteiger partial charge in [-0.3, -0.25) is 9.59 Å². The highest BCUT2D eigenvalue weighted by Crippen LogP contribution is 2.31. The molecule has 0 saturated heterocycles. The first-order chi connectivity index (χ1) is 14.3. The van der Waals surface area contributed by atoms with Crippen LogP contribution in [-0.4, -0.2) is 36.9 Å². The molecule has 160 valence electrons. The van der Waals surface area contributed by atoms with Crippen LogP contribution >= 0.6 is 0 Å². The lowest BCUT2D eigenvalue weighted by atomic mass is 10.1. The number of carbonyl (C=O) groups excluding carboxylic acids is 2. The van der Waals surface area contributed by atoms with Gasteiger partial charge < -0.3 is 15.1 Å².